The lowest BCUT2D eigenvalue weighted by Gasteiger charge is -2.13. The summed E-state index contributed by atoms with van der Waals surface area (Å²) in [5, 5.41) is 2.57. The Labute approximate surface area is 90.9 Å². The van der Waals surface area contributed by atoms with Crippen LogP contribution in [0.1, 0.15) is 31.4 Å². The average Bonchev–Trinajstić information content (AvgIpc) is 2.28. The summed E-state index contributed by atoms with van der Waals surface area (Å²) in [6.45, 7) is 2.17. The van der Waals surface area contributed by atoms with Crippen LogP contribution in [0.4, 0.5) is 0 Å². The summed E-state index contributed by atoms with van der Waals surface area (Å²) in [4.78, 5) is 0. The van der Waals surface area contributed by atoms with E-state index >= 15 is 0 Å². The van der Waals surface area contributed by atoms with Crippen LogP contribution in [-0.4, -0.2) is 0 Å². The molecule has 0 aliphatic carbocycles. The maximum absolute atomic E-state index is 6.17. The molecule has 1 heteroatoms. The Balaban J connectivity index is 2.50. The van der Waals surface area contributed by atoms with E-state index in [1.807, 2.05) is 0 Å². The Morgan fingerprint density at radius 1 is 1.07 bits per heavy atom. The van der Waals surface area contributed by atoms with Crippen LogP contribution in [0.2, 0.25) is 0 Å². The fourth-order valence-electron chi connectivity index (χ4n) is 2.04. The van der Waals surface area contributed by atoms with Crippen molar-refractivity contribution in [1.29, 1.82) is 0 Å². The minimum absolute atomic E-state index is 0.168. The van der Waals surface area contributed by atoms with E-state index in [0.29, 0.717) is 0 Å². The van der Waals surface area contributed by atoms with Crippen LogP contribution in [0, 0.1) is 0 Å². The SMILES string of the molecule is CCC[C@@H](N)c1cccc2ccccc12. The fraction of sp³-hybridized carbons (Fsp3) is 0.286. The lowest BCUT2D eigenvalue weighted by Crippen LogP contribution is -2.09. The van der Waals surface area contributed by atoms with Gasteiger partial charge >= 0.3 is 0 Å². The van der Waals surface area contributed by atoms with Gasteiger partial charge in [-0.2, -0.15) is 0 Å². The third-order valence-electron chi connectivity index (χ3n) is 2.82. The molecule has 0 saturated carbocycles. The molecule has 1 nitrogen and oxygen atoms in total. The van der Waals surface area contributed by atoms with Crippen molar-refractivity contribution < 1.29 is 0 Å². The van der Waals surface area contributed by atoms with E-state index in [9.17, 15) is 0 Å². The first kappa shape index (κ1) is 10.2. The molecular weight excluding hydrogens is 182 g/mol. The van der Waals surface area contributed by atoms with Gasteiger partial charge in [-0.3, -0.25) is 0 Å². The van der Waals surface area contributed by atoms with Crippen molar-refractivity contribution in [3.63, 3.8) is 0 Å². The van der Waals surface area contributed by atoms with Crippen LogP contribution in [0.25, 0.3) is 10.8 Å². The molecule has 15 heavy (non-hydrogen) atoms. The number of hydrogen-bond acceptors (Lipinski definition) is 1. The fourth-order valence-corrected chi connectivity index (χ4v) is 2.04. The molecule has 78 valence electrons. The summed E-state index contributed by atoms with van der Waals surface area (Å²) in [5.41, 5.74) is 7.44. The van der Waals surface area contributed by atoms with Crippen molar-refractivity contribution in [1.82, 2.24) is 0 Å². The van der Waals surface area contributed by atoms with Crippen molar-refractivity contribution in [3.8, 4) is 0 Å². The first-order valence-corrected chi connectivity index (χ1v) is 5.56. The average molecular weight is 199 g/mol. The quantitative estimate of drug-likeness (QED) is 0.802. The number of fused-ring (bicyclic) bond motifs is 1. The van der Waals surface area contributed by atoms with Gasteiger partial charge in [0, 0.05) is 6.04 Å². The highest BCUT2D eigenvalue weighted by molar-refractivity contribution is 5.86. The maximum atomic E-state index is 6.17. The standard InChI is InChI=1S/C14H17N/c1-2-6-14(15)13-10-5-8-11-7-3-4-9-12(11)13/h3-5,7-10,14H,2,6,15H2,1H3/t14-/m1/s1. The molecule has 0 unspecified atom stereocenters. The van der Waals surface area contributed by atoms with Gasteiger partial charge in [0.2, 0.25) is 0 Å². The highest BCUT2D eigenvalue weighted by atomic mass is 14.6. The van der Waals surface area contributed by atoms with Crippen molar-refractivity contribution in [2.24, 2.45) is 5.73 Å². The summed E-state index contributed by atoms with van der Waals surface area (Å²) in [7, 11) is 0. The molecule has 2 N–H and O–H groups in total. The van der Waals surface area contributed by atoms with Gasteiger partial charge < -0.3 is 5.73 Å². The molecule has 2 rings (SSSR count). The largest absolute Gasteiger partial charge is 0.324 e. The van der Waals surface area contributed by atoms with Crippen molar-refractivity contribution >= 4 is 10.8 Å². The molecule has 0 radical (unpaired) electrons. The topological polar surface area (TPSA) is 26.0 Å². The van der Waals surface area contributed by atoms with E-state index in [0.717, 1.165) is 12.8 Å². The Morgan fingerprint density at radius 3 is 2.60 bits per heavy atom. The van der Waals surface area contributed by atoms with Gasteiger partial charge in [-0.05, 0) is 22.8 Å². The second-order valence-electron chi connectivity index (χ2n) is 3.96. The van der Waals surface area contributed by atoms with E-state index in [1.54, 1.807) is 0 Å². The normalized spacial score (nSPS) is 12.9. The molecule has 0 aromatic heterocycles. The molecule has 0 spiro atoms. The smallest absolute Gasteiger partial charge is 0.0300 e. The first-order chi connectivity index (χ1) is 7.33. The molecule has 0 saturated heterocycles. The Hall–Kier alpha value is -1.34. The van der Waals surface area contributed by atoms with Gasteiger partial charge in [-0.25, -0.2) is 0 Å². The molecular formula is C14H17N. The van der Waals surface area contributed by atoms with Gasteiger partial charge in [0.05, 0.1) is 0 Å². The van der Waals surface area contributed by atoms with Gasteiger partial charge in [-0.15, -0.1) is 0 Å². The van der Waals surface area contributed by atoms with E-state index in [1.165, 1.54) is 16.3 Å². The summed E-state index contributed by atoms with van der Waals surface area (Å²) in [6.07, 6.45) is 2.18. The van der Waals surface area contributed by atoms with E-state index in [-0.39, 0.29) is 6.04 Å². The van der Waals surface area contributed by atoms with Gasteiger partial charge in [0.25, 0.3) is 0 Å². The molecule has 0 amide bonds. The van der Waals surface area contributed by atoms with E-state index in [2.05, 4.69) is 49.4 Å². The van der Waals surface area contributed by atoms with Crippen LogP contribution in [-0.2, 0) is 0 Å². The third kappa shape index (κ3) is 2.02. The third-order valence-corrected chi connectivity index (χ3v) is 2.82. The lowest BCUT2D eigenvalue weighted by molar-refractivity contribution is 0.642. The summed E-state index contributed by atoms with van der Waals surface area (Å²) < 4.78 is 0. The van der Waals surface area contributed by atoms with Crippen LogP contribution < -0.4 is 5.73 Å². The molecule has 0 aliphatic heterocycles. The second-order valence-corrected chi connectivity index (χ2v) is 3.96. The monoisotopic (exact) mass is 199 g/mol. The number of benzene rings is 2. The second kappa shape index (κ2) is 4.45. The zero-order chi connectivity index (χ0) is 10.7. The van der Waals surface area contributed by atoms with E-state index in [4.69, 9.17) is 5.73 Å². The van der Waals surface area contributed by atoms with Crippen molar-refractivity contribution in [3.05, 3.63) is 48.0 Å². The van der Waals surface area contributed by atoms with Gasteiger partial charge in [-0.1, -0.05) is 55.8 Å². The molecule has 0 heterocycles. The Bertz CT molecular complexity index is 443. The highest BCUT2D eigenvalue weighted by Gasteiger charge is 2.07. The molecule has 0 bridgehead atoms. The summed E-state index contributed by atoms with van der Waals surface area (Å²) >= 11 is 0. The predicted octanol–water partition coefficient (Wildman–Crippen LogP) is 3.64. The van der Waals surface area contributed by atoms with E-state index < -0.39 is 0 Å². The molecule has 0 fully saturated rings. The molecule has 1 atom stereocenters. The number of hydrogen-bond donors (Lipinski definition) is 1. The maximum Gasteiger partial charge on any atom is 0.0300 e. The Morgan fingerprint density at radius 2 is 1.80 bits per heavy atom. The minimum atomic E-state index is 0.168. The van der Waals surface area contributed by atoms with Gasteiger partial charge in [0.1, 0.15) is 0 Å². The predicted molar refractivity (Wildman–Crippen MR) is 65.8 cm³/mol. The van der Waals surface area contributed by atoms with Crippen molar-refractivity contribution in [2.45, 2.75) is 25.8 Å². The number of rotatable bonds is 3. The van der Waals surface area contributed by atoms with Crippen LogP contribution in [0.5, 0.6) is 0 Å². The van der Waals surface area contributed by atoms with Crippen LogP contribution in [0.15, 0.2) is 42.5 Å². The van der Waals surface area contributed by atoms with Crippen molar-refractivity contribution in [2.75, 3.05) is 0 Å². The molecule has 2 aromatic carbocycles. The molecule has 0 aliphatic rings. The summed E-state index contributed by atoms with van der Waals surface area (Å²) in [5.74, 6) is 0. The minimum Gasteiger partial charge on any atom is -0.324 e. The van der Waals surface area contributed by atoms with Gasteiger partial charge in [0.15, 0.2) is 0 Å². The number of nitrogens with two attached hydrogens (primary N) is 1. The zero-order valence-corrected chi connectivity index (χ0v) is 9.11. The Kier molecular flexibility index (Phi) is 3.02. The lowest BCUT2D eigenvalue weighted by atomic mass is 9.97. The molecule has 2 aromatic rings. The first-order valence-electron chi connectivity index (χ1n) is 5.56. The zero-order valence-electron chi connectivity index (χ0n) is 9.11. The van der Waals surface area contributed by atoms with Crippen LogP contribution >= 0.6 is 0 Å². The summed E-state index contributed by atoms with van der Waals surface area (Å²) in [6, 6.07) is 15.0. The highest BCUT2D eigenvalue weighted by Crippen LogP contribution is 2.25. The van der Waals surface area contributed by atoms with Crippen LogP contribution in [0.3, 0.4) is 0 Å².